The second-order valence-corrected chi connectivity index (χ2v) is 13.4. The van der Waals surface area contributed by atoms with Gasteiger partial charge in [-0.15, -0.1) is 0 Å². The smallest absolute Gasteiger partial charge is 0.306 e. The molecule has 2 fully saturated rings. The lowest BCUT2D eigenvalue weighted by Gasteiger charge is -2.48. The lowest BCUT2D eigenvalue weighted by molar-refractivity contribution is -0.191. The number of fused-ring (bicyclic) bond motifs is 3. The largest absolute Gasteiger partial charge is 0.458 e. The minimum absolute atomic E-state index is 0.117. The highest BCUT2D eigenvalue weighted by molar-refractivity contribution is 5.95. The van der Waals surface area contributed by atoms with E-state index in [9.17, 15) is 30.0 Å². The van der Waals surface area contributed by atoms with Gasteiger partial charge in [-0.3, -0.25) is 9.59 Å². The minimum atomic E-state index is -2.21. The van der Waals surface area contributed by atoms with Gasteiger partial charge < -0.3 is 25.2 Å². The van der Waals surface area contributed by atoms with Crippen LogP contribution in [0.5, 0.6) is 0 Å². The maximum atomic E-state index is 14.4. The van der Waals surface area contributed by atoms with Crippen molar-refractivity contribution in [1.29, 1.82) is 0 Å². The number of aliphatic hydroxyl groups is 4. The molecule has 4 aliphatic rings. The Morgan fingerprint density at radius 1 is 1.03 bits per heavy atom. The first-order valence-electron chi connectivity index (χ1n) is 15.2. The summed E-state index contributed by atoms with van der Waals surface area (Å²) < 4.78 is 6.31. The van der Waals surface area contributed by atoms with Crippen LogP contribution in [0.1, 0.15) is 105 Å². The zero-order valence-electron chi connectivity index (χ0n) is 24.5. The molecule has 39 heavy (non-hydrogen) atoms. The number of rotatable bonds is 12. The normalized spacial score (nSPS) is 40.1. The van der Waals surface area contributed by atoms with E-state index in [1.165, 1.54) is 38.5 Å². The van der Waals surface area contributed by atoms with E-state index in [1.54, 1.807) is 19.1 Å². The van der Waals surface area contributed by atoms with E-state index in [1.807, 2.05) is 20.8 Å². The summed E-state index contributed by atoms with van der Waals surface area (Å²) in [6.07, 6.45) is 11.2. The molecule has 2 bridgehead atoms. The number of hydrogen-bond donors (Lipinski definition) is 4. The second kappa shape index (κ2) is 11.0. The molecular formula is C32H50O7. The predicted octanol–water partition coefficient (Wildman–Crippen LogP) is 4.40. The summed E-state index contributed by atoms with van der Waals surface area (Å²) in [6, 6.07) is 0. The number of allylic oxidation sites excluding steroid dienone is 1. The molecule has 7 heteroatoms. The number of ketones is 1. The molecule has 4 rings (SSSR count). The van der Waals surface area contributed by atoms with E-state index in [4.69, 9.17) is 4.74 Å². The molecule has 1 spiro atoms. The van der Waals surface area contributed by atoms with Crippen molar-refractivity contribution in [3.05, 3.63) is 23.3 Å². The molecule has 8 atom stereocenters. The first kappa shape index (κ1) is 30.4. The molecule has 0 saturated heterocycles. The van der Waals surface area contributed by atoms with Gasteiger partial charge in [0.15, 0.2) is 5.78 Å². The quantitative estimate of drug-likeness (QED) is 0.162. The molecule has 4 aliphatic carbocycles. The molecule has 0 heterocycles. The van der Waals surface area contributed by atoms with Gasteiger partial charge in [-0.2, -0.15) is 0 Å². The zero-order chi connectivity index (χ0) is 28.8. The van der Waals surface area contributed by atoms with Crippen molar-refractivity contribution in [3.63, 3.8) is 0 Å². The summed E-state index contributed by atoms with van der Waals surface area (Å²) in [4.78, 5) is 27.5. The van der Waals surface area contributed by atoms with E-state index in [0.717, 1.165) is 19.3 Å². The molecule has 0 aromatic rings. The van der Waals surface area contributed by atoms with Crippen LogP contribution >= 0.6 is 0 Å². The maximum Gasteiger partial charge on any atom is 0.306 e. The predicted molar refractivity (Wildman–Crippen MR) is 149 cm³/mol. The Bertz CT molecular complexity index is 1010. The first-order chi connectivity index (χ1) is 18.4. The number of esters is 1. The fourth-order valence-corrected chi connectivity index (χ4v) is 8.56. The Labute approximate surface area is 233 Å². The van der Waals surface area contributed by atoms with Crippen LogP contribution in [-0.4, -0.2) is 62.2 Å². The Balaban J connectivity index is 1.53. The average Bonchev–Trinajstić information content (AvgIpc) is 3.30. The molecular weight excluding hydrogens is 496 g/mol. The summed E-state index contributed by atoms with van der Waals surface area (Å²) in [5.41, 5.74) is -4.64. The fourth-order valence-electron chi connectivity index (χ4n) is 8.56. The number of carbonyl (C=O) groups is 2. The van der Waals surface area contributed by atoms with Gasteiger partial charge in [0.1, 0.15) is 23.4 Å². The molecule has 4 N–H and O–H groups in total. The van der Waals surface area contributed by atoms with Gasteiger partial charge in [-0.1, -0.05) is 91.2 Å². The molecule has 4 unspecified atom stereocenters. The lowest BCUT2D eigenvalue weighted by atomic mass is 9.59. The number of carbonyl (C=O) groups excluding carboxylic acids is 2. The van der Waals surface area contributed by atoms with Crippen molar-refractivity contribution in [2.75, 3.05) is 6.61 Å². The van der Waals surface area contributed by atoms with E-state index < -0.39 is 52.7 Å². The van der Waals surface area contributed by atoms with Crippen LogP contribution in [0, 0.1) is 28.6 Å². The number of ether oxygens (including phenoxy) is 1. The second-order valence-electron chi connectivity index (χ2n) is 13.4. The average molecular weight is 547 g/mol. The Hall–Kier alpha value is -1.54. The third-order valence-corrected chi connectivity index (χ3v) is 10.8. The third kappa shape index (κ3) is 4.47. The van der Waals surface area contributed by atoms with Crippen molar-refractivity contribution >= 4 is 11.8 Å². The molecule has 0 aromatic heterocycles. The molecule has 0 aliphatic heterocycles. The highest BCUT2D eigenvalue weighted by Gasteiger charge is 2.83. The first-order valence-corrected chi connectivity index (χ1v) is 15.2. The standard InChI is InChI=1S/C32H50O7/c1-6-7-8-9-10-11-12-13-14-15-24(34)39-31-18-21(3)30-17-20(2)26(35)32(30,38)27(36)22(19-33)16-23(28(30)37)25(31)29(31,4)5/h16-17,21,23,25-27,33,35-36,38H,6-15,18-19H2,1-5H3/t21-,23?,25?,26+,27-,30?,31?,32-/m1/s1. The molecule has 220 valence electrons. The van der Waals surface area contributed by atoms with Crippen LogP contribution < -0.4 is 0 Å². The van der Waals surface area contributed by atoms with Crippen molar-refractivity contribution < 1.29 is 34.8 Å². The van der Waals surface area contributed by atoms with E-state index in [0.29, 0.717) is 18.4 Å². The molecule has 0 amide bonds. The van der Waals surface area contributed by atoms with Crippen molar-refractivity contribution in [3.8, 4) is 0 Å². The molecule has 0 radical (unpaired) electrons. The number of Topliss-reactive ketones (excluding diaryl/α,β-unsaturated/α-hetero) is 1. The van der Waals surface area contributed by atoms with Gasteiger partial charge in [-0.05, 0) is 36.8 Å². The van der Waals surface area contributed by atoms with Crippen molar-refractivity contribution in [2.24, 2.45) is 28.6 Å². The third-order valence-electron chi connectivity index (χ3n) is 10.8. The highest BCUT2D eigenvalue weighted by atomic mass is 16.6. The number of unbranched alkanes of at least 4 members (excludes halogenated alkanes) is 8. The van der Waals surface area contributed by atoms with Crippen LogP contribution in [0.15, 0.2) is 23.3 Å². The monoisotopic (exact) mass is 546 g/mol. The van der Waals surface area contributed by atoms with Gasteiger partial charge in [0.05, 0.1) is 12.0 Å². The number of aliphatic hydroxyl groups excluding tert-OH is 3. The van der Waals surface area contributed by atoms with Crippen LogP contribution in [0.25, 0.3) is 0 Å². The van der Waals surface area contributed by atoms with Gasteiger partial charge in [0, 0.05) is 23.7 Å². The Kier molecular flexibility index (Phi) is 8.61. The van der Waals surface area contributed by atoms with Crippen LogP contribution in [0.2, 0.25) is 0 Å². The fraction of sp³-hybridized carbons (Fsp3) is 0.812. The van der Waals surface area contributed by atoms with E-state index in [2.05, 4.69) is 6.92 Å². The van der Waals surface area contributed by atoms with Crippen LogP contribution in [0.3, 0.4) is 0 Å². The molecule has 0 aromatic carbocycles. The van der Waals surface area contributed by atoms with Gasteiger partial charge >= 0.3 is 5.97 Å². The summed E-state index contributed by atoms with van der Waals surface area (Å²) in [6.45, 7) is 9.16. The Morgan fingerprint density at radius 2 is 1.62 bits per heavy atom. The summed E-state index contributed by atoms with van der Waals surface area (Å²) in [5, 5.41) is 44.5. The zero-order valence-corrected chi connectivity index (χ0v) is 24.5. The summed E-state index contributed by atoms with van der Waals surface area (Å²) in [7, 11) is 0. The molecule has 2 saturated carbocycles. The van der Waals surface area contributed by atoms with Gasteiger partial charge in [-0.25, -0.2) is 0 Å². The van der Waals surface area contributed by atoms with Gasteiger partial charge in [0.2, 0.25) is 0 Å². The molecule has 7 nitrogen and oxygen atoms in total. The van der Waals surface area contributed by atoms with E-state index in [-0.39, 0.29) is 23.2 Å². The lowest BCUT2D eigenvalue weighted by Crippen LogP contribution is -2.65. The summed E-state index contributed by atoms with van der Waals surface area (Å²) >= 11 is 0. The van der Waals surface area contributed by atoms with Crippen LogP contribution in [0.4, 0.5) is 0 Å². The van der Waals surface area contributed by atoms with Gasteiger partial charge in [0.25, 0.3) is 0 Å². The van der Waals surface area contributed by atoms with Crippen molar-refractivity contribution in [1.82, 2.24) is 0 Å². The van der Waals surface area contributed by atoms with E-state index >= 15 is 0 Å². The number of hydrogen-bond acceptors (Lipinski definition) is 7. The summed E-state index contributed by atoms with van der Waals surface area (Å²) in [5.74, 6) is -2.21. The van der Waals surface area contributed by atoms with Crippen LogP contribution in [-0.2, 0) is 14.3 Å². The SMILES string of the molecule is CCCCCCCCCCCC(=O)OC12C[C@@H](C)C34C=C(C)[C@H](O)[C@@]3(O)[C@H](O)C(CO)=CC(C4=O)C1C2(C)C. The van der Waals surface area contributed by atoms with Crippen molar-refractivity contribution in [2.45, 2.75) is 129 Å². The topological polar surface area (TPSA) is 124 Å². The maximum absolute atomic E-state index is 14.4. The minimum Gasteiger partial charge on any atom is -0.458 e. The Morgan fingerprint density at radius 3 is 2.21 bits per heavy atom. The highest BCUT2D eigenvalue weighted by Crippen LogP contribution is 2.75.